The van der Waals surface area contributed by atoms with E-state index in [4.69, 9.17) is 4.42 Å². The molecule has 7 nitrogen and oxygen atoms in total. The van der Waals surface area contributed by atoms with Crippen molar-refractivity contribution in [3.63, 3.8) is 0 Å². The van der Waals surface area contributed by atoms with Crippen LogP contribution in [0.1, 0.15) is 33.4 Å². The topological polar surface area (TPSA) is 91.7 Å². The molecule has 0 aliphatic carbocycles. The molecule has 0 aliphatic rings. The van der Waals surface area contributed by atoms with E-state index >= 15 is 0 Å². The number of rotatable bonds is 8. The predicted octanol–water partition coefficient (Wildman–Crippen LogP) is 3.45. The molecule has 2 aromatic carbocycles. The van der Waals surface area contributed by atoms with Crippen molar-refractivity contribution in [2.75, 3.05) is 18.4 Å². The molecule has 8 heteroatoms. The third-order valence-corrected chi connectivity index (χ3v) is 4.52. The standard InChI is InChI=1S/C23H22FN3O4/c1-2-27(15-21(28)25-14-16-8-10-18(24)11-9-16)23(30)17-5-3-6-19(13-17)26-22(29)20-7-4-12-31-20/h3-13H,2,14-15H2,1H3,(H,25,28)(H,26,29). The summed E-state index contributed by atoms with van der Waals surface area (Å²) in [7, 11) is 0. The molecule has 0 saturated carbocycles. The van der Waals surface area contributed by atoms with Crippen LogP contribution in [-0.2, 0) is 11.3 Å². The van der Waals surface area contributed by atoms with Crippen molar-refractivity contribution in [2.24, 2.45) is 0 Å². The van der Waals surface area contributed by atoms with Crippen molar-refractivity contribution in [1.29, 1.82) is 0 Å². The summed E-state index contributed by atoms with van der Waals surface area (Å²) in [4.78, 5) is 38.7. The SMILES string of the molecule is CCN(CC(=O)NCc1ccc(F)cc1)C(=O)c1cccc(NC(=O)c2ccco2)c1. The first kappa shape index (κ1) is 21.8. The van der Waals surface area contributed by atoms with Crippen LogP contribution in [-0.4, -0.2) is 35.7 Å². The molecule has 0 atom stereocenters. The van der Waals surface area contributed by atoms with E-state index in [1.165, 1.54) is 29.4 Å². The van der Waals surface area contributed by atoms with E-state index < -0.39 is 5.91 Å². The van der Waals surface area contributed by atoms with Crippen molar-refractivity contribution in [3.8, 4) is 0 Å². The van der Waals surface area contributed by atoms with Gasteiger partial charge in [-0.15, -0.1) is 0 Å². The lowest BCUT2D eigenvalue weighted by Crippen LogP contribution is -2.40. The summed E-state index contributed by atoms with van der Waals surface area (Å²) in [6.07, 6.45) is 1.40. The zero-order chi connectivity index (χ0) is 22.2. The summed E-state index contributed by atoms with van der Waals surface area (Å²) in [6.45, 7) is 2.21. The Morgan fingerprint density at radius 3 is 2.48 bits per heavy atom. The van der Waals surface area contributed by atoms with Gasteiger partial charge in [0, 0.05) is 24.3 Å². The Bertz CT molecular complexity index is 1050. The Morgan fingerprint density at radius 1 is 1.03 bits per heavy atom. The fraction of sp³-hybridized carbons (Fsp3) is 0.174. The van der Waals surface area contributed by atoms with Crippen LogP contribution in [0.3, 0.4) is 0 Å². The van der Waals surface area contributed by atoms with Crippen molar-refractivity contribution in [3.05, 3.63) is 89.6 Å². The van der Waals surface area contributed by atoms with E-state index in [-0.39, 0.29) is 36.5 Å². The zero-order valence-corrected chi connectivity index (χ0v) is 16.9. The molecule has 2 N–H and O–H groups in total. The van der Waals surface area contributed by atoms with Crippen molar-refractivity contribution in [1.82, 2.24) is 10.2 Å². The molecule has 0 radical (unpaired) electrons. The Labute approximate surface area is 178 Å². The minimum Gasteiger partial charge on any atom is -0.459 e. The molecule has 31 heavy (non-hydrogen) atoms. The van der Waals surface area contributed by atoms with Crippen LogP contribution in [0.4, 0.5) is 10.1 Å². The van der Waals surface area contributed by atoms with Crippen LogP contribution in [0.25, 0.3) is 0 Å². The maximum absolute atomic E-state index is 13.0. The second-order valence-electron chi connectivity index (χ2n) is 6.73. The van der Waals surface area contributed by atoms with Gasteiger partial charge in [-0.3, -0.25) is 14.4 Å². The van der Waals surface area contributed by atoms with Crippen LogP contribution in [0, 0.1) is 5.82 Å². The Kier molecular flexibility index (Phi) is 7.16. The van der Waals surface area contributed by atoms with Gasteiger partial charge < -0.3 is 20.0 Å². The highest BCUT2D eigenvalue weighted by Gasteiger charge is 2.18. The van der Waals surface area contributed by atoms with Gasteiger partial charge in [0.15, 0.2) is 5.76 Å². The second-order valence-corrected chi connectivity index (χ2v) is 6.73. The van der Waals surface area contributed by atoms with Gasteiger partial charge >= 0.3 is 0 Å². The largest absolute Gasteiger partial charge is 0.459 e. The average Bonchev–Trinajstić information content (AvgIpc) is 3.32. The summed E-state index contributed by atoms with van der Waals surface area (Å²) in [6, 6.07) is 15.4. The fourth-order valence-corrected chi connectivity index (χ4v) is 2.87. The van der Waals surface area contributed by atoms with Gasteiger partial charge in [0.1, 0.15) is 5.82 Å². The van der Waals surface area contributed by atoms with Crippen LogP contribution < -0.4 is 10.6 Å². The Hall–Kier alpha value is -3.94. The lowest BCUT2D eigenvalue weighted by molar-refractivity contribution is -0.121. The van der Waals surface area contributed by atoms with Gasteiger partial charge in [0.05, 0.1) is 12.8 Å². The number of hydrogen-bond donors (Lipinski definition) is 2. The molecule has 3 amide bonds. The Morgan fingerprint density at radius 2 is 1.81 bits per heavy atom. The van der Waals surface area contributed by atoms with Gasteiger partial charge in [0.25, 0.3) is 11.8 Å². The van der Waals surface area contributed by atoms with Gasteiger partial charge in [-0.1, -0.05) is 18.2 Å². The zero-order valence-electron chi connectivity index (χ0n) is 16.9. The first-order valence-corrected chi connectivity index (χ1v) is 9.71. The smallest absolute Gasteiger partial charge is 0.291 e. The van der Waals surface area contributed by atoms with E-state index in [0.29, 0.717) is 17.8 Å². The molecule has 0 spiro atoms. The van der Waals surface area contributed by atoms with E-state index in [1.54, 1.807) is 49.4 Å². The maximum atomic E-state index is 13.0. The number of hydrogen-bond acceptors (Lipinski definition) is 4. The third kappa shape index (κ3) is 6.02. The molecule has 3 aromatic rings. The molecular weight excluding hydrogens is 401 g/mol. The normalized spacial score (nSPS) is 10.4. The van der Waals surface area contributed by atoms with Gasteiger partial charge in [-0.2, -0.15) is 0 Å². The summed E-state index contributed by atoms with van der Waals surface area (Å²) < 4.78 is 18.0. The number of benzene rings is 2. The number of furan rings is 1. The Balaban J connectivity index is 1.59. The predicted molar refractivity (Wildman–Crippen MR) is 113 cm³/mol. The summed E-state index contributed by atoms with van der Waals surface area (Å²) >= 11 is 0. The van der Waals surface area contributed by atoms with Crippen LogP contribution in [0.15, 0.2) is 71.3 Å². The van der Waals surface area contributed by atoms with Crippen molar-refractivity contribution >= 4 is 23.4 Å². The molecule has 1 heterocycles. The third-order valence-electron chi connectivity index (χ3n) is 4.52. The van der Waals surface area contributed by atoms with Crippen molar-refractivity contribution in [2.45, 2.75) is 13.5 Å². The number of halogens is 1. The number of nitrogens with one attached hydrogen (secondary N) is 2. The highest BCUT2D eigenvalue weighted by molar-refractivity contribution is 6.03. The molecular formula is C23H22FN3O4. The molecule has 0 saturated heterocycles. The minimum atomic E-state index is -0.429. The molecule has 0 fully saturated rings. The molecule has 3 rings (SSSR count). The quantitative estimate of drug-likeness (QED) is 0.581. The molecule has 0 bridgehead atoms. The van der Waals surface area contributed by atoms with Crippen molar-refractivity contribution < 1.29 is 23.2 Å². The van der Waals surface area contributed by atoms with Gasteiger partial charge in [-0.25, -0.2) is 4.39 Å². The molecule has 1 aromatic heterocycles. The summed E-state index contributed by atoms with van der Waals surface area (Å²) in [5.74, 6) is -1.29. The number of amides is 3. The van der Waals surface area contributed by atoms with E-state index in [1.807, 2.05) is 0 Å². The first-order chi connectivity index (χ1) is 15.0. The number of carbonyl (C=O) groups excluding carboxylic acids is 3. The minimum absolute atomic E-state index is 0.125. The van der Waals surface area contributed by atoms with Gasteiger partial charge in [0.2, 0.25) is 5.91 Å². The number of nitrogens with zero attached hydrogens (tertiary/aromatic N) is 1. The maximum Gasteiger partial charge on any atom is 0.291 e. The van der Waals surface area contributed by atoms with E-state index in [0.717, 1.165) is 5.56 Å². The average molecular weight is 423 g/mol. The molecule has 0 aliphatic heterocycles. The van der Waals surface area contributed by atoms with E-state index in [2.05, 4.69) is 10.6 Å². The number of likely N-dealkylation sites (N-methyl/N-ethyl adjacent to an activating group) is 1. The second kappa shape index (κ2) is 10.2. The summed E-state index contributed by atoms with van der Waals surface area (Å²) in [5, 5.41) is 5.39. The lowest BCUT2D eigenvalue weighted by atomic mass is 10.1. The van der Waals surface area contributed by atoms with Crippen LogP contribution in [0.5, 0.6) is 0 Å². The lowest BCUT2D eigenvalue weighted by Gasteiger charge is -2.21. The first-order valence-electron chi connectivity index (χ1n) is 9.71. The number of anilines is 1. The monoisotopic (exact) mass is 423 g/mol. The summed E-state index contributed by atoms with van der Waals surface area (Å²) in [5.41, 5.74) is 1.53. The molecule has 160 valence electrons. The van der Waals surface area contributed by atoms with Crippen LogP contribution in [0.2, 0.25) is 0 Å². The van der Waals surface area contributed by atoms with E-state index in [9.17, 15) is 18.8 Å². The molecule has 0 unspecified atom stereocenters. The fourth-order valence-electron chi connectivity index (χ4n) is 2.87. The van der Waals surface area contributed by atoms with Gasteiger partial charge in [-0.05, 0) is 55.0 Å². The van der Waals surface area contributed by atoms with Crippen LogP contribution >= 0.6 is 0 Å². The highest BCUT2D eigenvalue weighted by atomic mass is 19.1. The highest BCUT2D eigenvalue weighted by Crippen LogP contribution is 2.14. The number of carbonyl (C=O) groups is 3.